The van der Waals surface area contributed by atoms with Gasteiger partial charge in [-0.15, -0.1) is 0 Å². The first kappa shape index (κ1) is 9.71. The van der Waals surface area contributed by atoms with Gasteiger partial charge in [0.25, 0.3) is 0 Å². The molecule has 0 bridgehead atoms. The summed E-state index contributed by atoms with van der Waals surface area (Å²) >= 11 is 3.38. The zero-order chi connectivity index (χ0) is 9.97. The molecule has 1 aromatic heterocycles. The number of anilines is 2. The van der Waals surface area contributed by atoms with Gasteiger partial charge in [-0.2, -0.15) is 4.98 Å². The molecule has 0 saturated heterocycles. The van der Waals surface area contributed by atoms with Crippen LogP contribution in [0.2, 0.25) is 0 Å². The fraction of sp³-hybridized carbons (Fsp3) is 0.556. The molecule has 0 amide bonds. The van der Waals surface area contributed by atoms with Crippen molar-refractivity contribution >= 4 is 27.7 Å². The fourth-order valence-electron chi connectivity index (χ4n) is 1.44. The van der Waals surface area contributed by atoms with Crippen LogP contribution in [0, 0.1) is 5.92 Å². The van der Waals surface area contributed by atoms with E-state index in [1.165, 1.54) is 19.3 Å². The maximum Gasteiger partial charge on any atom is 0.221 e. The maximum absolute atomic E-state index is 5.50. The van der Waals surface area contributed by atoms with Gasteiger partial charge < -0.3 is 11.1 Å². The molecule has 0 atom stereocenters. The zero-order valence-corrected chi connectivity index (χ0v) is 9.42. The minimum absolute atomic E-state index is 0.310. The van der Waals surface area contributed by atoms with Crippen LogP contribution >= 0.6 is 15.9 Å². The van der Waals surface area contributed by atoms with E-state index >= 15 is 0 Å². The number of aromatic nitrogens is 2. The van der Waals surface area contributed by atoms with Gasteiger partial charge in [-0.1, -0.05) is 6.42 Å². The topological polar surface area (TPSA) is 63.8 Å². The molecule has 0 aromatic carbocycles. The molecule has 4 nitrogen and oxygen atoms in total. The Morgan fingerprint density at radius 2 is 2.36 bits per heavy atom. The molecule has 3 N–H and O–H groups in total. The smallest absolute Gasteiger partial charge is 0.221 e. The largest absolute Gasteiger partial charge is 0.369 e. The van der Waals surface area contributed by atoms with E-state index < -0.39 is 0 Å². The lowest BCUT2D eigenvalue weighted by atomic mass is 9.85. The Bertz CT molecular complexity index is 325. The normalized spacial score (nSPS) is 16.4. The lowest BCUT2D eigenvalue weighted by Gasteiger charge is -2.25. The van der Waals surface area contributed by atoms with E-state index in [0.717, 1.165) is 22.8 Å². The number of nitrogens with zero attached hydrogens (tertiary/aromatic N) is 2. The summed E-state index contributed by atoms with van der Waals surface area (Å²) in [6, 6.07) is 0. The standard InChI is InChI=1S/C9H13BrN4/c10-7-5-13-9(11)14-8(7)12-4-6-2-1-3-6/h5-6H,1-4H2,(H3,11,12,13,14). The third-order valence-electron chi connectivity index (χ3n) is 2.55. The van der Waals surface area contributed by atoms with Crippen LogP contribution in [0.1, 0.15) is 19.3 Å². The quantitative estimate of drug-likeness (QED) is 0.869. The summed E-state index contributed by atoms with van der Waals surface area (Å²) in [5.41, 5.74) is 5.50. The summed E-state index contributed by atoms with van der Waals surface area (Å²) in [5.74, 6) is 1.91. The van der Waals surface area contributed by atoms with Gasteiger partial charge in [-0.3, -0.25) is 0 Å². The molecule has 2 rings (SSSR count). The molecule has 0 radical (unpaired) electrons. The van der Waals surface area contributed by atoms with Crippen molar-refractivity contribution in [3.63, 3.8) is 0 Å². The first-order chi connectivity index (χ1) is 6.75. The van der Waals surface area contributed by atoms with E-state index in [4.69, 9.17) is 5.73 Å². The van der Waals surface area contributed by atoms with Crippen molar-refractivity contribution in [3.05, 3.63) is 10.7 Å². The van der Waals surface area contributed by atoms with E-state index in [1.807, 2.05) is 0 Å². The van der Waals surface area contributed by atoms with Gasteiger partial charge in [-0.25, -0.2) is 4.98 Å². The van der Waals surface area contributed by atoms with E-state index in [1.54, 1.807) is 6.20 Å². The molecule has 76 valence electrons. The SMILES string of the molecule is Nc1ncc(Br)c(NCC2CCC2)n1. The predicted molar refractivity (Wildman–Crippen MR) is 60.0 cm³/mol. The van der Waals surface area contributed by atoms with Gasteiger partial charge >= 0.3 is 0 Å². The van der Waals surface area contributed by atoms with E-state index in [9.17, 15) is 0 Å². The average molecular weight is 257 g/mol. The second-order valence-corrected chi connectivity index (χ2v) is 4.46. The summed E-state index contributed by atoms with van der Waals surface area (Å²) < 4.78 is 0.867. The number of nitrogens with one attached hydrogen (secondary N) is 1. The van der Waals surface area contributed by atoms with Gasteiger partial charge in [0, 0.05) is 12.7 Å². The summed E-state index contributed by atoms with van der Waals surface area (Å²) in [7, 11) is 0. The number of rotatable bonds is 3. The Morgan fingerprint density at radius 3 is 3.00 bits per heavy atom. The van der Waals surface area contributed by atoms with Gasteiger partial charge in [-0.05, 0) is 34.7 Å². The van der Waals surface area contributed by atoms with Crippen molar-refractivity contribution < 1.29 is 0 Å². The first-order valence-corrected chi connectivity index (χ1v) is 5.57. The maximum atomic E-state index is 5.50. The van der Waals surface area contributed by atoms with Crippen LogP contribution in [-0.4, -0.2) is 16.5 Å². The summed E-state index contributed by atoms with van der Waals surface area (Å²) in [6.45, 7) is 0.981. The minimum Gasteiger partial charge on any atom is -0.369 e. The van der Waals surface area contributed by atoms with Crippen LogP contribution in [0.15, 0.2) is 10.7 Å². The monoisotopic (exact) mass is 256 g/mol. The van der Waals surface area contributed by atoms with E-state index in [-0.39, 0.29) is 0 Å². The van der Waals surface area contributed by atoms with E-state index in [0.29, 0.717) is 5.95 Å². The highest BCUT2D eigenvalue weighted by atomic mass is 79.9. The van der Waals surface area contributed by atoms with Gasteiger partial charge in [0.15, 0.2) is 0 Å². The van der Waals surface area contributed by atoms with Crippen molar-refractivity contribution in [3.8, 4) is 0 Å². The number of halogens is 1. The second kappa shape index (κ2) is 4.13. The highest BCUT2D eigenvalue weighted by Crippen LogP contribution is 2.27. The molecule has 1 aliphatic rings. The molecule has 1 saturated carbocycles. The van der Waals surface area contributed by atoms with Crippen molar-refractivity contribution in [1.82, 2.24) is 9.97 Å². The van der Waals surface area contributed by atoms with Crippen molar-refractivity contribution in [2.75, 3.05) is 17.6 Å². The molecule has 1 heterocycles. The molecule has 0 spiro atoms. The van der Waals surface area contributed by atoms with Crippen molar-refractivity contribution in [2.24, 2.45) is 5.92 Å². The molecule has 14 heavy (non-hydrogen) atoms. The lowest BCUT2D eigenvalue weighted by Crippen LogP contribution is -2.21. The van der Waals surface area contributed by atoms with Crippen LogP contribution in [-0.2, 0) is 0 Å². The molecular weight excluding hydrogens is 244 g/mol. The van der Waals surface area contributed by atoms with Crippen LogP contribution in [0.5, 0.6) is 0 Å². The third kappa shape index (κ3) is 2.15. The van der Waals surface area contributed by atoms with Crippen molar-refractivity contribution in [1.29, 1.82) is 0 Å². The lowest BCUT2D eigenvalue weighted by molar-refractivity contribution is 0.333. The Hall–Kier alpha value is -0.840. The molecular formula is C9H13BrN4. The highest BCUT2D eigenvalue weighted by molar-refractivity contribution is 9.10. The van der Waals surface area contributed by atoms with Crippen LogP contribution in [0.25, 0.3) is 0 Å². The summed E-state index contributed by atoms with van der Waals surface area (Å²) in [6.07, 6.45) is 5.68. The Labute approximate surface area is 91.4 Å². The fourth-order valence-corrected chi connectivity index (χ4v) is 1.77. The summed E-state index contributed by atoms with van der Waals surface area (Å²) in [5, 5.41) is 3.28. The van der Waals surface area contributed by atoms with Crippen LogP contribution < -0.4 is 11.1 Å². The minimum atomic E-state index is 0.310. The number of nitrogen functional groups attached to an aromatic ring is 1. The number of hydrogen-bond acceptors (Lipinski definition) is 4. The van der Waals surface area contributed by atoms with Gasteiger partial charge in [0.1, 0.15) is 5.82 Å². The Balaban J connectivity index is 1.96. The third-order valence-corrected chi connectivity index (χ3v) is 3.13. The Morgan fingerprint density at radius 1 is 1.57 bits per heavy atom. The van der Waals surface area contributed by atoms with Crippen LogP contribution in [0.4, 0.5) is 11.8 Å². The van der Waals surface area contributed by atoms with Gasteiger partial charge in [0.05, 0.1) is 4.47 Å². The van der Waals surface area contributed by atoms with Crippen LogP contribution in [0.3, 0.4) is 0 Å². The molecule has 1 fully saturated rings. The molecule has 1 aromatic rings. The van der Waals surface area contributed by atoms with Crippen molar-refractivity contribution in [2.45, 2.75) is 19.3 Å². The zero-order valence-electron chi connectivity index (χ0n) is 7.83. The first-order valence-electron chi connectivity index (χ1n) is 4.77. The molecule has 1 aliphatic carbocycles. The Kier molecular flexibility index (Phi) is 2.86. The average Bonchev–Trinajstić information content (AvgIpc) is 2.08. The van der Waals surface area contributed by atoms with Gasteiger partial charge in [0.2, 0.25) is 5.95 Å². The summed E-state index contributed by atoms with van der Waals surface area (Å²) in [4.78, 5) is 7.99. The van der Waals surface area contributed by atoms with E-state index in [2.05, 4.69) is 31.2 Å². The number of hydrogen-bond donors (Lipinski definition) is 2. The highest BCUT2D eigenvalue weighted by Gasteiger charge is 2.17. The molecule has 0 aliphatic heterocycles. The molecule has 5 heteroatoms. The predicted octanol–water partition coefficient (Wildman–Crippen LogP) is 2.03. The molecule has 0 unspecified atom stereocenters. The second-order valence-electron chi connectivity index (χ2n) is 3.60. The number of nitrogens with two attached hydrogens (primary N) is 1.